The summed E-state index contributed by atoms with van der Waals surface area (Å²) in [6, 6.07) is 2.30. The first-order valence-electron chi connectivity index (χ1n) is 12.4. The number of aryl methyl sites for hydroxylation is 1. The Morgan fingerprint density at radius 2 is 2.00 bits per heavy atom. The van der Waals surface area contributed by atoms with E-state index in [1.807, 2.05) is 35.4 Å². The maximum Gasteiger partial charge on any atom is 0.241 e. The Kier molecular flexibility index (Phi) is 6.80. The Morgan fingerprint density at radius 3 is 2.69 bits per heavy atom. The van der Waals surface area contributed by atoms with E-state index < -0.39 is 5.54 Å². The molecular formula is C25H34N8O2S. The quantitative estimate of drug-likeness (QED) is 0.365. The van der Waals surface area contributed by atoms with Crippen molar-refractivity contribution in [2.24, 2.45) is 0 Å². The SMILES string of the molecule is COC[C@H](C)Nc1ncc2c(-c3cnn(C(C)(C)c4nnc(C)s4)c3)cc(C3CCC(O)CC3)n2n1. The second-order valence-corrected chi connectivity index (χ2v) is 11.4. The molecule has 5 rings (SSSR count). The van der Waals surface area contributed by atoms with Crippen LogP contribution in [-0.4, -0.2) is 65.5 Å². The molecular weight excluding hydrogens is 476 g/mol. The Morgan fingerprint density at radius 1 is 1.22 bits per heavy atom. The number of anilines is 1. The molecule has 1 atom stereocenters. The van der Waals surface area contributed by atoms with Crippen molar-refractivity contribution in [2.45, 2.75) is 77.0 Å². The van der Waals surface area contributed by atoms with E-state index in [2.05, 4.69) is 46.6 Å². The van der Waals surface area contributed by atoms with Crippen LogP contribution in [0.3, 0.4) is 0 Å². The number of aliphatic hydroxyl groups is 1. The van der Waals surface area contributed by atoms with Gasteiger partial charge in [0.15, 0.2) is 0 Å². The minimum Gasteiger partial charge on any atom is -0.393 e. The van der Waals surface area contributed by atoms with Gasteiger partial charge >= 0.3 is 0 Å². The Bertz CT molecular complexity index is 1340. The van der Waals surface area contributed by atoms with Crippen LogP contribution in [0.15, 0.2) is 24.7 Å². The molecule has 10 nitrogen and oxygen atoms in total. The van der Waals surface area contributed by atoms with Crippen molar-refractivity contribution in [1.29, 1.82) is 0 Å². The smallest absolute Gasteiger partial charge is 0.241 e. The molecule has 0 radical (unpaired) electrons. The maximum atomic E-state index is 10.1. The van der Waals surface area contributed by atoms with Crippen molar-refractivity contribution in [1.82, 2.24) is 34.6 Å². The van der Waals surface area contributed by atoms with Gasteiger partial charge in [-0.25, -0.2) is 9.50 Å². The highest BCUT2D eigenvalue weighted by Gasteiger charge is 2.30. The van der Waals surface area contributed by atoms with Crippen LogP contribution in [0.2, 0.25) is 0 Å². The van der Waals surface area contributed by atoms with Gasteiger partial charge in [0, 0.05) is 42.1 Å². The predicted octanol–water partition coefficient (Wildman–Crippen LogP) is 4.00. The first-order chi connectivity index (χ1) is 17.3. The fraction of sp³-hybridized carbons (Fsp3) is 0.560. The van der Waals surface area contributed by atoms with Crippen LogP contribution in [0.1, 0.15) is 68.1 Å². The van der Waals surface area contributed by atoms with Gasteiger partial charge in [-0.2, -0.15) is 5.10 Å². The van der Waals surface area contributed by atoms with E-state index in [1.54, 1.807) is 18.4 Å². The second kappa shape index (κ2) is 9.87. The Balaban J connectivity index is 1.54. The lowest BCUT2D eigenvalue weighted by molar-refractivity contribution is 0.121. The second-order valence-electron chi connectivity index (χ2n) is 10.2. The summed E-state index contributed by atoms with van der Waals surface area (Å²) in [5, 5.41) is 33.4. The largest absolute Gasteiger partial charge is 0.393 e. The van der Waals surface area contributed by atoms with Crippen LogP contribution in [-0.2, 0) is 10.3 Å². The summed E-state index contributed by atoms with van der Waals surface area (Å²) < 4.78 is 9.22. The fourth-order valence-corrected chi connectivity index (χ4v) is 5.68. The standard InChI is InChI=1S/C25H34N8O2S/c1-15(14-35-5)28-24-26-12-22-20(10-21(33(22)31-24)17-6-8-19(34)9-7-17)18-11-27-32(13-18)25(3,4)23-30-29-16(2)36-23/h10-13,15,17,19,34H,6-9,14H2,1-5H3,(H,28,31)/t15-,17?,19?/m0/s1. The van der Waals surface area contributed by atoms with E-state index >= 15 is 0 Å². The number of rotatable bonds is 8. The highest BCUT2D eigenvalue weighted by Crippen LogP contribution is 2.38. The molecule has 192 valence electrons. The highest BCUT2D eigenvalue weighted by atomic mass is 32.1. The molecule has 1 saturated carbocycles. The van der Waals surface area contributed by atoms with Crippen LogP contribution in [0.5, 0.6) is 0 Å². The average molecular weight is 511 g/mol. The lowest BCUT2D eigenvalue weighted by atomic mass is 9.85. The average Bonchev–Trinajstić information content (AvgIpc) is 3.58. The van der Waals surface area contributed by atoms with Gasteiger partial charge in [-0.3, -0.25) is 4.68 Å². The number of nitrogens with one attached hydrogen (secondary N) is 1. The summed E-state index contributed by atoms with van der Waals surface area (Å²) in [6.07, 6.45) is 9.10. The molecule has 1 aliphatic rings. The van der Waals surface area contributed by atoms with Crippen molar-refractivity contribution in [2.75, 3.05) is 19.0 Å². The van der Waals surface area contributed by atoms with Crippen LogP contribution in [0.4, 0.5) is 5.95 Å². The van der Waals surface area contributed by atoms with E-state index in [9.17, 15) is 5.11 Å². The molecule has 0 saturated heterocycles. The molecule has 0 amide bonds. The summed E-state index contributed by atoms with van der Waals surface area (Å²) in [5.74, 6) is 0.888. The molecule has 0 aromatic carbocycles. The summed E-state index contributed by atoms with van der Waals surface area (Å²) in [7, 11) is 1.68. The summed E-state index contributed by atoms with van der Waals surface area (Å²) in [6.45, 7) is 8.77. The first-order valence-corrected chi connectivity index (χ1v) is 13.3. The summed E-state index contributed by atoms with van der Waals surface area (Å²) >= 11 is 1.59. The van der Waals surface area contributed by atoms with Crippen molar-refractivity contribution in [3.05, 3.63) is 40.4 Å². The third-order valence-electron chi connectivity index (χ3n) is 6.97. The molecule has 4 heterocycles. The monoisotopic (exact) mass is 510 g/mol. The van der Waals surface area contributed by atoms with Crippen LogP contribution in [0.25, 0.3) is 16.6 Å². The lowest BCUT2D eigenvalue weighted by Gasteiger charge is -2.25. The van der Waals surface area contributed by atoms with E-state index in [0.717, 1.165) is 58.0 Å². The number of ether oxygens (including phenoxy) is 1. The molecule has 4 aromatic heterocycles. The Labute approximate surface area is 214 Å². The number of methoxy groups -OCH3 is 1. The molecule has 2 N–H and O–H groups in total. The van der Waals surface area contributed by atoms with Crippen molar-refractivity contribution < 1.29 is 9.84 Å². The van der Waals surface area contributed by atoms with E-state index in [4.69, 9.17) is 14.9 Å². The molecule has 36 heavy (non-hydrogen) atoms. The normalized spacial score (nSPS) is 19.6. The topological polar surface area (TPSA) is 115 Å². The molecule has 0 spiro atoms. The van der Waals surface area contributed by atoms with Gasteiger partial charge in [0.25, 0.3) is 0 Å². The minimum atomic E-state index is -0.423. The van der Waals surface area contributed by atoms with Crippen LogP contribution >= 0.6 is 11.3 Å². The highest BCUT2D eigenvalue weighted by molar-refractivity contribution is 7.11. The minimum absolute atomic E-state index is 0.0835. The maximum absolute atomic E-state index is 10.1. The van der Waals surface area contributed by atoms with E-state index in [-0.39, 0.29) is 12.1 Å². The number of hydrogen-bond acceptors (Lipinski definition) is 9. The van der Waals surface area contributed by atoms with E-state index in [0.29, 0.717) is 18.5 Å². The van der Waals surface area contributed by atoms with Crippen molar-refractivity contribution >= 4 is 22.8 Å². The van der Waals surface area contributed by atoms with Crippen molar-refractivity contribution in [3.63, 3.8) is 0 Å². The fourth-order valence-electron chi connectivity index (χ4n) is 4.90. The third-order valence-corrected chi connectivity index (χ3v) is 8.12. The van der Waals surface area contributed by atoms with E-state index in [1.165, 1.54) is 0 Å². The molecule has 0 aliphatic heterocycles. The predicted molar refractivity (Wildman–Crippen MR) is 139 cm³/mol. The van der Waals surface area contributed by atoms with Gasteiger partial charge in [-0.05, 0) is 59.4 Å². The van der Waals surface area contributed by atoms with Gasteiger partial charge in [-0.15, -0.1) is 15.3 Å². The van der Waals surface area contributed by atoms with Gasteiger partial charge < -0.3 is 15.2 Å². The van der Waals surface area contributed by atoms with Gasteiger partial charge in [0.2, 0.25) is 5.95 Å². The number of aromatic nitrogens is 7. The van der Waals surface area contributed by atoms with Gasteiger partial charge in [0.05, 0.1) is 30.6 Å². The number of fused-ring (bicyclic) bond motifs is 1. The molecule has 1 aliphatic carbocycles. The van der Waals surface area contributed by atoms with Gasteiger partial charge in [0.1, 0.15) is 15.6 Å². The summed E-state index contributed by atoms with van der Waals surface area (Å²) in [5.41, 5.74) is 3.70. The number of hydrogen-bond donors (Lipinski definition) is 2. The summed E-state index contributed by atoms with van der Waals surface area (Å²) in [4.78, 5) is 4.61. The molecule has 1 fully saturated rings. The van der Waals surface area contributed by atoms with Crippen molar-refractivity contribution in [3.8, 4) is 11.1 Å². The molecule has 4 aromatic rings. The molecule has 11 heteroatoms. The third kappa shape index (κ3) is 4.74. The zero-order valence-corrected chi connectivity index (χ0v) is 22.3. The molecule has 0 bridgehead atoms. The first kappa shape index (κ1) is 24.8. The van der Waals surface area contributed by atoms with Gasteiger partial charge in [-0.1, -0.05) is 11.3 Å². The Hall–Kier alpha value is -2.89. The van der Waals surface area contributed by atoms with Crippen LogP contribution < -0.4 is 5.32 Å². The zero-order valence-electron chi connectivity index (χ0n) is 21.5. The molecule has 0 unspecified atom stereocenters. The zero-order chi connectivity index (χ0) is 25.4. The number of nitrogens with zero attached hydrogens (tertiary/aromatic N) is 7. The van der Waals surface area contributed by atoms with Crippen LogP contribution in [0, 0.1) is 6.92 Å². The lowest BCUT2D eigenvalue weighted by Crippen LogP contribution is -2.28. The number of aliphatic hydroxyl groups excluding tert-OH is 1.